The van der Waals surface area contributed by atoms with Crippen LogP contribution in [-0.2, 0) is 16.3 Å². The predicted molar refractivity (Wildman–Crippen MR) is 114 cm³/mol. The standard InChI is InChI=1S/C22H28ClNO3S/c1-28(25,26)22-11-9-21(10-12-22)27-15-5-14-24-13-3-2-8-20(24)17-18-6-4-7-19(23)16-18/h4,6-7,9-12,16,20H,2-3,5,8,13-15,17H2,1H3/t20-/m0/s1. The van der Waals surface area contributed by atoms with Crippen LogP contribution in [0.1, 0.15) is 31.2 Å². The van der Waals surface area contributed by atoms with Crippen LogP contribution in [0.15, 0.2) is 53.4 Å². The lowest BCUT2D eigenvalue weighted by atomic mass is 9.95. The molecule has 0 bridgehead atoms. The van der Waals surface area contributed by atoms with Crippen molar-refractivity contribution in [1.82, 2.24) is 4.90 Å². The third-order valence-electron chi connectivity index (χ3n) is 5.22. The number of benzene rings is 2. The van der Waals surface area contributed by atoms with Crippen molar-refractivity contribution in [3.8, 4) is 5.75 Å². The second-order valence-electron chi connectivity index (χ2n) is 7.47. The van der Waals surface area contributed by atoms with Crippen LogP contribution in [0.25, 0.3) is 0 Å². The number of hydrogen-bond acceptors (Lipinski definition) is 4. The summed E-state index contributed by atoms with van der Waals surface area (Å²) in [6.07, 6.45) is 6.95. The van der Waals surface area contributed by atoms with Gasteiger partial charge in [-0.3, -0.25) is 4.90 Å². The molecule has 1 fully saturated rings. The van der Waals surface area contributed by atoms with E-state index in [0.29, 0.717) is 23.3 Å². The van der Waals surface area contributed by atoms with E-state index in [0.717, 1.165) is 31.0 Å². The summed E-state index contributed by atoms with van der Waals surface area (Å²) in [5, 5.41) is 0.801. The lowest BCUT2D eigenvalue weighted by molar-refractivity contribution is 0.136. The molecule has 0 aromatic heterocycles. The van der Waals surface area contributed by atoms with E-state index in [1.54, 1.807) is 24.3 Å². The first kappa shape index (κ1) is 21.2. The highest BCUT2D eigenvalue weighted by Gasteiger charge is 2.22. The van der Waals surface area contributed by atoms with Gasteiger partial charge < -0.3 is 4.74 Å². The van der Waals surface area contributed by atoms with Gasteiger partial charge in [0, 0.05) is 23.9 Å². The van der Waals surface area contributed by atoms with Gasteiger partial charge in [-0.05, 0) is 74.2 Å². The van der Waals surface area contributed by atoms with Gasteiger partial charge in [-0.1, -0.05) is 30.2 Å². The van der Waals surface area contributed by atoms with E-state index in [1.165, 1.54) is 31.1 Å². The highest BCUT2D eigenvalue weighted by atomic mass is 35.5. The van der Waals surface area contributed by atoms with Gasteiger partial charge >= 0.3 is 0 Å². The van der Waals surface area contributed by atoms with Crippen LogP contribution < -0.4 is 4.74 Å². The number of hydrogen-bond donors (Lipinski definition) is 0. The fourth-order valence-electron chi connectivity index (χ4n) is 3.76. The fraction of sp³-hybridized carbons (Fsp3) is 0.455. The summed E-state index contributed by atoms with van der Waals surface area (Å²) in [5.74, 6) is 0.710. The van der Waals surface area contributed by atoms with E-state index in [2.05, 4.69) is 17.0 Å². The van der Waals surface area contributed by atoms with Crippen molar-refractivity contribution >= 4 is 21.4 Å². The smallest absolute Gasteiger partial charge is 0.175 e. The second-order valence-corrected chi connectivity index (χ2v) is 9.92. The Morgan fingerprint density at radius 1 is 1.14 bits per heavy atom. The van der Waals surface area contributed by atoms with Crippen LogP contribution in [0.3, 0.4) is 0 Å². The molecule has 2 aromatic carbocycles. The SMILES string of the molecule is CS(=O)(=O)c1ccc(OCCCN2CCCC[C@H]2Cc2cccc(Cl)c2)cc1. The molecule has 152 valence electrons. The van der Waals surface area contributed by atoms with Crippen molar-refractivity contribution in [2.45, 2.75) is 43.0 Å². The van der Waals surface area contributed by atoms with Crippen molar-refractivity contribution in [2.24, 2.45) is 0 Å². The maximum atomic E-state index is 11.5. The van der Waals surface area contributed by atoms with E-state index in [-0.39, 0.29) is 0 Å². The summed E-state index contributed by atoms with van der Waals surface area (Å²) >= 11 is 6.13. The van der Waals surface area contributed by atoms with Crippen molar-refractivity contribution < 1.29 is 13.2 Å². The van der Waals surface area contributed by atoms with Gasteiger partial charge in [-0.25, -0.2) is 8.42 Å². The number of likely N-dealkylation sites (tertiary alicyclic amines) is 1. The van der Waals surface area contributed by atoms with E-state index >= 15 is 0 Å². The average Bonchev–Trinajstić information content (AvgIpc) is 2.66. The first-order valence-corrected chi connectivity index (χ1v) is 12.1. The Kier molecular flexibility index (Phi) is 7.38. The monoisotopic (exact) mass is 421 g/mol. The maximum Gasteiger partial charge on any atom is 0.175 e. The zero-order valence-electron chi connectivity index (χ0n) is 16.3. The third kappa shape index (κ3) is 6.23. The molecule has 0 radical (unpaired) electrons. The molecular weight excluding hydrogens is 394 g/mol. The molecule has 4 nitrogen and oxygen atoms in total. The summed E-state index contributed by atoms with van der Waals surface area (Å²) in [4.78, 5) is 2.89. The van der Waals surface area contributed by atoms with Crippen LogP contribution >= 0.6 is 11.6 Å². The molecule has 0 saturated carbocycles. The molecule has 0 unspecified atom stereocenters. The fourth-order valence-corrected chi connectivity index (χ4v) is 4.61. The summed E-state index contributed by atoms with van der Waals surface area (Å²) in [5.41, 5.74) is 1.30. The predicted octanol–water partition coefficient (Wildman–Crippen LogP) is 4.61. The molecule has 0 spiro atoms. The molecule has 1 atom stereocenters. The zero-order chi connectivity index (χ0) is 20.0. The lowest BCUT2D eigenvalue weighted by Gasteiger charge is -2.36. The van der Waals surface area contributed by atoms with Crippen LogP contribution in [0, 0.1) is 0 Å². The molecule has 1 aliphatic heterocycles. The molecule has 0 aliphatic carbocycles. The molecule has 1 heterocycles. The third-order valence-corrected chi connectivity index (χ3v) is 6.58. The van der Waals surface area contributed by atoms with Crippen LogP contribution in [0.5, 0.6) is 5.75 Å². The molecule has 0 N–H and O–H groups in total. The summed E-state index contributed by atoms with van der Waals surface area (Å²) in [6.45, 7) is 2.76. The van der Waals surface area contributed by atoms with Crippen molar-refractivity contribution in [3.63, 3.8) is 0 Å². The minimum atomic E-state index is -3.16. The Hall–Kier alpha value is -1.56. The van der Waals surface area contributed by atoms with Gasteiger partial charge in [-0.15, -0.1) is 0 Å². The molecule has 6 heteroatoms. The number of piperidine rings is 1. The van der Waals surface area contributed by atoms with Crippen LogP contribution in [0.4, 0.5) is 0 Å². The maximum absolute atomic E-state index is 11.5. The summed E-state index contributed by atoms with van der Waals surface area (Å²) < 4.78 is 28.8. The number of rotatable bonds is 8. The van der Waals surface area contributed by atoms with Crippen LogP contribution in [0.2, 0.25) is 5.02 Å². The second kappa shape index (κ2) is 9.77. The Bertz CT molecular complexity index is 868. The zero-order valence-corrected chi connectivity index (χ0v) is 17.9. The summed E-state index contributed by atoms with van der Waals surface area (Å²) in [7, 11) is -3.16. The highest BCUT2D eigenvalue weighted by molar-refractivity contribution is 7.90. The highest BCUT2D eigenvalue weighted by Crippen LogP contribution is 2.22. The number of halogens is 1. The average molecular weight is 422 g/mol. The largest absolute Gasteiger partial charge is 0.494 e. The molecule has 28 heavy (non-hydrogen) atoms. The number of ether oxygens (including phenoxy) is 1. The lowest BCUT2D eigenvalue weighted by Crippen LogP contribution is -2.41. The minimum absolute atomic E-state index is 0.317. The van der Waals surface area contributed by atoms with E-state index < -0.39 is 9.84 Å². The van der Waals surface area contributed by atoms with Gasteiger partial charge in [0.1, 0.15) is 5.75 Å². The van der Waals surface area contributed by atoms with Gasteiger partial charge in [0.2, 0.25) is 0 Å². The first-order valence-electron chi connectivity index (χ1n) is 9.83. The first-order chi connectivity index (χ1) is 13.4. The molecule has 1 aliphatic rings. The van der Waals surface area contributed by atoms with E-state index in [9.17, 15) is 8.42 Å². The van der Waals surface area contributed by atoms with Gasteiger partial charge in [-0.2, -0.15) is 0 Å². The van der Waals surface area contributed by atoms with E-state index in [1.807, 2.05) is 12.1 Å². The Balaban J connectivity index is 1.47. The molecule has 0 amide bonds. The summed E-state index contributed by atoms with van der Waals surface area (Å²) in [6, 6.07) is 15.4. The Morgan fingerprint density at radius 3 is 2.64 bits per heavy atom. The number of nitrogens with zero attached hydrogens (tertiary/aromatic N) is 1. The molecule has 3 rings (SSSR count). The van der Waals surface area contributed by atoms with Gasteiger partial charge in [0.25, 0.3) is 0 Å². The normalized spacial score (nSPS) is 18.1. The van der Waals surface area contributed by atoms with Crippen molar-refractivity contribution in [2.75, 3.05) is 26.0 Å². The van der Waals surface area contributed by atoms with Crippen molar-refractivity contribution in [3.05, 3.63) is 59.1 Å². The molecular formula is C22H28ClNO3S. The Labute approximate surface area is 173 Å². The van der Waals surface area contributed by atoms with Gasteiger partial charge in [0.15, 0.2) is 9.84 Å². The van der Waals surface area contributed by atoms with Gasteiger partial charge in [0.05, 0.1) is 11.5 Å². The Morgan fingerprint density at radius 2 is 1.93 bits per heavy atom. The molecule has 1 saturated heterocycles. The van der Waals surface area contributed by atoms with Crippen LogP contribution in [-0.4, -0.2) is 45.3 Å². The quantitative estimate of drug-likeness (QED) is 0.584. The van der Waals surface area contributed by atoms with E-state index in [4.69, 9.17) is 16.3 Å². The number of sulfone groups is 1. The minimum Gasteiger partial charge on any atom is -0.494 e. The topological polar surface area (TPSA) is 46.6 Å². The van der Waals surface area contributed by atoms with Crippen molar-refractivity contribution in [1.29, 1.82) is 0 Å². The molecule has 2 aromatic rings.